The van der Waals surface area contributed by atoms with Gasteiger partial charge in [0.2, 0.25) is 20.0 Å². The molecule has 0 amide bonds. The van der Waals surface area contributed by atoms with Crippen molar-refractivity contribution in [2.75, 3.05) is 17.1 Å². The van der Waals surface area contributed by atoms with Crippen molar-refractivity contribution in [3.8, 4) is 0 Å². The molecule has 0 heterocycles. The van der Waals surface area contributed by atoms with Gasteiger partial charge >= 0.3 is 0 Å². The molecule has 1 aromatic carbocycles. The minimum Gasteiger partial charge on any atom is -0.273 e. The first-order chi connectivity index (χ1) is 9.04. The highest BCUT2D eigenvalue weighted by atomic mass is 32.2. The van der Waals surface area contributed by atoms with Gasteiger partial charge in [-0.3, -0.25) is 4.31 Å². The van der Waals surface area contributed by atoms with Gasteiger partial charge in [0.05, 0.1) is 16.3 Å². The van der Waals surface area contributed by atoms with Gasteiger partial charge in [-0.1, -0.05) is 13.8 Å². The van der Waals surface area contributed by atoms with Crippen LogP contribution in [0.5, 0.6) is 0 Å². The zero-order chi connectivity index (χ0) is 15.6. The first kappa shape index (κ1) is 16.9. The molecule has 6 nitrogen and oxygen atoms in total. The zero-order valence-corrected chi connectivity index (χ0v) is 13.4. The molecular weight excluding hydrogens is 300 g/mol. The number of sulfonamides is 2. The maximum atomic E-state index is 12.1. The topological polar surface area (TPSA) is 97.5 Å². The number of nitrogens with two attached hydrogens (primary N) is 1. The first-order valence-corrected chi connectivity index (χ1v) is 9.29. The van der Waals surface area contributed by atoms with E-state index in [0.717, 1.165) is 4.31 Å². The number of anilines is 1. The first-order valence-electron chi connectivity index (χ1n) is 6.13. The van der Waals surface area contributed by atoms with E-state index >= 15 is 0 Å². The molecule has 0 aliphatic carbocycles. The van der Waals surface area contributed by atoms with Gasteiger partial charge in [-0.15, -0.1) is 0 Å². The standard InChI is InChI=1S/C12H20N2O4S2/c1-10(2)8-9-19(15,16)14(3)11-4-6-12(7-5-11)20(13,17)18/h4-7,10H,8-9H2,1-3H3,(H2,13,17,18). The average Bonchev–Trinajstić information content (AvgIpc) is 2.35. The summed E-state index contributed by atoms with van der Waals surface area (Å²) in [6, 6.07) is 5.43. The summed E-state index contributed by atoms with van der Waals surface area (Å²) in [6.45, 7) is 3.91. The summed E-state index contributed by atoms with van der Waals surface area (Å²) in [5.74, 6) is 0.348. The third-order valence-corrected chi connectivity index (χ3v) is 5.63. The molecule has 0 aromatic heterocycles. The lowest BCUT2D eigenvalue weighted by Crippen LogP contribution is -2.29. The van der Waals surface area contributed by atoms with E-state index in [0.29, 0.717) is 18.0 Å². The number of nitrogens with zero attached hydrogens (tertiary/aromatic N) is 1. The van der Waals surface area contributed by atoms with Crippen LogP contribution in [0.25, 0.3) is 0 Å². The maximum absolute atomic E-state index is 12.1. The van der Waals surface area contributed by atoms with Crippen molar-refractivity contribution in [2.45, 2.75) is 25.2 Å². The van der Waals surface area contributed by atoms with Gasteiger partial charge in [0, 0.05) is 7.05 Å². The molecule has 0 bridgehead atoms. The fourth-order valence-corrected chi connectivity index (χ4v) is 3.53. The summed E-state index contributed by atoms with van der Waals surface area (Å²) in [5.41, 5.74) is 0.404. The average molecular weight is 320 g/mol. The van der Waals surface area contributed by atoms with Crippen LogP contribution < -0.4 is 9.44 Å². The maximum Gasteiger partial charge on any atom is 0.238 e. The van der Waals surface area contributed by atoms with E-state index < -0.39 is 20.0 Å². The number of primary sulfonamides is 1. The highest BCUT2D eigenvalue weighted by molar-refractivity contribution is 7.92. The van der Waals surface area contributed by atoms with Crippen molar-refractivity contribution in [3.63, 3.8) is 0 Å². The summed E-state index contributed by atoms with van der Waals surface area (Å²) in [6.07, 6.45) is 0.571. The Labute approximate surface area is 120 Å². The van der Waals surface area contributed by atoms with E-state index in [1.807, 2.05) is 13.8 Å². The van der Waals surface area contributed by atoms with Crippen LogP contribution in [0.2, 0.25) is 0 Å². The van der Waals surface area contributed by atoms with E-state index in [1.54, 1.807) is 0 Å². The van der Waals surface area contributed by atoms with Gasteiger partial charge in [0.25, 0.3) is 0 Å². The van der Waals surface area contributed by atoms with E-state index in [-0.39, 0.29) is 10.6 Å². The smallest absolute Gasteiger partial charge is 0.238 e. The van der Waals surface area contributed by atoms with E-state index in [4.69, 9.17) is 5.14 Å². The van der Waals surface area contributed by atoms with E-state index in [1.165, 1.54) is 31.3 Å². The lowest BCUT2D eigenvalue weighted by Gasteiger charge is -2.20. The van der Waals surface area contributed by atoms with Crippen molar-refractivity contribution in [1.82, 2.24) is 0 Å². The quantitative estimate of drug-likeness (QED) is 0.850. The molecule has 0 fully saturated rings. The Balaban J connectivity index is 2.95. The highest BCUT2D eigenvalue weighted by Crippen LogP contribution is 2.19. The number of hydrogen-bond acceptors (Lipinski definition) is 4. The normalized spacial score (nSPS) is 12.7. The summed E-state index contributed by atoms with van der Waals surface area (Å²) in [5, 5.41) is 4.99. The van der Waals surface area contributed by atoms with Crippen molar-refractivity contribution in [3.05, 3.63) is 24.3 Å². The van der Waals surface area contributed by atoms with Crippen LogP contribution in [-0.4, -0.2) is 29.6 Å². The molecule has 0 aliphatic heterocycles. The fraction of sp³-hybridized carbons (Fsp3) is 0.500. The second-order valence-electron chi connectivity index (χ2n) is 5.00. The van der Waals surface area contributed by atoms with Crippen LogP contribution in [0.1, 0.15) is 20.3 Å². The van der Waals surface area contributed by atoms with Crippen LogP contribution in [0.4, 0.5) is 5.69 Å². The second-order valence-corrected chi connectivity index (χ2v) is 8.69. The SMILES string of the molecule is CC(C)CCS(=O)(=O)N(C)c1ccc(S(N)(=O)=O)cc1. The highest BCUT2D eigenvalue weighted by Gasteiger charge is 2.19. The van der Waals surface area contributed by atoms with Crippen LogP contribution in [0.15, 0.2) is 29.2 Å². The molecule has 2 N–H and O–H groups in total. The molecule has 0 atom stereocenters. The number of rotatable bonds is 6. The fourth-order valence-electron chi connectivity index (χ4n) is 1.53. The molecule has 114 valence electrons. The summed E-state index contributed by atoms with van der Waals surface area (Å²) >= 11 is 0. The molecule has 1 rings (SSSR count). The Morgan fingerprint density at radius 3 is 2.00 bits per heavy atom. The van der Waals surface area contributed by atoms with Gasteiger partial charge in [-0.25, -0.2) is 22.0 Å². The van der Waals surface area contributed by atoms with Gasteiger partial charge < -0.3 is 0 Å². The minimum atomic E-state index is -3.77. The van der Waals surface area contributed by atoms with Gasteiger partial charge in [0.1, 0.15) is 0 Å². The molecule has 1 aromatic rings. The lowest BCUT2D eigenvalue weighted by molar-refractivity contribution is 0.572. The minimum absolute atomic E-state index is 0.0470. The van der Waals surface area contributed by atoms with E-state index in [9.17, 15) is 16.8 Å². The Morgan fingerprint density at radius 1 is 1.10 bits per heavy atom. The molecular formula is C12H20N2O4S2. The Kier molecular flexibility index (Phi) is 5.17. The summed E-state index contributed by atoms with van der Waals surface area (Å²) < 4.78 is 47.6. The Bertz CT molecular complexity index is 649. The molecule has 0 radical (unpaired) electrons. The zero-order valence-electron chi connectivity index (χ0n) is 11.8. The molecule has 0 saturated heterocycles. The summed E-state index contributed by atoms with van der Waals surface area (Å²) in [7, 11) is -5.73. The Hall–Kier alpha value is -1.12. The number of benzene rings is 1. The van der Waals surface area contributed by atoms with Gasteiger partial charge in [-0.05, 0) is 36.6 Å². The summed E-state index contributed by atoms with van der Waals surface area (Å²) in [4.78, 5) is -0.0470. The van der Waals surface area contributed by atoms with Crippen molar-refractivity contribution in [1.29, 1.82) is 0 Å². The second kappa shape index (κ2) is 6.11. The molecule has 20 heavy (non-hydrogen) atoms. The van der Waals surface area contributed by atoms with Crippen LogP contribution >= 0.6 is 0 Å². The predicted octanol–water partition coefficient (Wildman–Crippen LogP) is 1.15. The van der Waals surface area contributed by atoms with Gasteiger partial charge in [-0.2, -0.15) is 0 Å². The third-order valence-electron chi connectivity index (χ3n) is 2.90. The lowest BCUT2D eigenvalue weighted by atomic mass is 10.2. The number of hydrogen-bond donors (Lipinski definition) is 1. The monoisotopic (exact) mass is 320 g/mol. The molecule has 0 saturated carbocycles. The van der Waals surface area contributed by atoms with Crippen molar-refractivity contribution in [2.24, 2.45) is 11.1 Å². The van der Waals surface area contributed by atoms with Crippen LogP contribution in [-0.2, 0) is 20.0 Å². The third kappa shape index (κ3) is 4.46. The van der Waals surface area contributed by atoms with Crippen LogP contribution in [0, 0.1) is 5.92 Å². The largest absolute Gasteiger partial charge is 0.273 e. The van der Waals surface area contributed by atoms with Crippen molar-refractivity contribution < 1.29 is 16.8 Å². The van der Waals surface area contributed by atoms with E-state index in [2.05, 4.69) is 0 Å². The Morgan fingerprint density at radius 2 is 1.60 bits per heavy atom. The molecule has 0 aliphatic rings. The van der Waals surface area contributed by atoms with Crippen molar-refractivity contribution >= 4 is 25.7 Å². The van der Waals surface area contributed by atoms with Crippen LogP contribution in [0.3, 0.4) is 0 Å². The molecule has 0 unspecified atom stereocenters. The predicted molar refractivity (Wildman–Crippen MR) is 79.5 cm³/mol. The molecule has 0 spiro atoms. The molecule has 8 heteroatoms. The van der Waals surface area contributed by atoms with Gasteiger partial charge in [0.15, 0.2) is 0 Å².